The average molecular weight is 342 g/mol. The van der Waals surface area contributed by atoms with Gasteiger partial charge in [0.15, 0.2) is 11.5 Å². The first-order valence-electron chi connectivity index (χ1n) is 7.06. The van der Waals surface area contributed by atoms with Gasteiger partial charge in [0.25, 0.3) is 5.69 Å². The van der Waals surface area contributed by atoms with Crippen molar-refractivity contribution < 1.29 is 14.4 Å². The van der Waals surface area contributed by atoms with Crippen LogP contribution in [0.1, 0.15) is 10.6 Å². The van der Waals surface area contributed by atoms with Crippen molar-refractivity contribution in [2.24, 2.45) is 0 Å². The monoisotopic (exact) mass is 342 g/mol. The Morgan fingerprint density at radius 3 is 2.71 bits per heavy atom. The van der Waals surface area contributed by atoms with E-state index < -0.39 is 4.92 Å². The average Bonchev–Trinajstić information content (AvgIpc) is 3.01. The fourth-order valence-electron chi connectivity index (χ4n) is 2.32. The molecular weight excluding hydrogens is 328 g/mol. The molecule has 0 atom stereocenters. The molecule has 0 bridgehead atoms. The van der Waals surface area contributed by atoms with Gasteiger partial charge >= 0.3 is 0 Å². The normalized spacial score (nSPS) is 11.1. The number of nitro groups is 1. The van der Waals surface area contributed by atoms with Crippen LogP contribution in [0.25, 0.3) is 22.4 Å². The fourth-order valence-corrected chi connectivity index (χ4v) is 3.22. The summed E-state index contributed by atoms with van der Waals surface area (Å²) >= 11 is 1.40. The number of thiazole rings is 1. The summed E-state index contributed by atoms with van der Waals surface area (Å²) in [4.78, 5) is 14.9. The highest BCUT2D eigenvalue weighted by molar-refractivity contribution is 7.19. The third-order valence-corrected chi connectivity index (χ3v) is 4.42. The Morgan fingerprint density at radius 1 is 1.17 bits per heavy atom. The van der Waals surface area contributed by atoms with Crippen LogP contribution in [0.3, 0.4) is 0 Å². The summed E-state index contributed by atoms with van der Waals surface area (Å²) in [6, 6.07) is 10.3. The lowest BCUT2D eigenvalue weighted by molar-refractivity contribution is -0.384. The van der Waals surface area contributed by atoms with Crippen molar-refractivity contribution in [2.45, 2.75) is 0 Å². The van der Waals surface area contributed by atoms with Crippen LogP contribution in [-0.4, -0.2) is 24.1 Å². The second-order valence-corrected chi connectivity index (χ2v) is 5.94. The zero-order valence-electron chi connectivity index (χ0n) is 13.1. The summed E-state index contributed by atoms with van der Waals surface area (Å²) in [6.07, 6.45) is 3.74. The number of non-ortho nitro benzene ring substituents is 1. The zero-order chi connectivity index (χ0) is 17.1. The molecule has 2 aromatic carbocycles. The second-order valence-electron chi connectivity index (χ2n) is 4.88. The van der Waals surface area contributed by atoms with E-state index in [1.165, 1.54) is 23.5 Å². The minimum atomic E-state index is -0.407. The van der Waals surface area contributed by atoms with Crippen molar-refractivity contribution >= 4 is 39.4 Å². The Hall–Kier alpha value is -2.93. The van der Waals surface area contributed by atoms with Crippen LogP contribution in [0.15, 0.2) is 36.4 Å². The van der Waals surface area contributed by atoms with Crippen molar-refractivity contribution in [1.82, 2.24) is 4.98 Å². The Balaban J connectivity index is 1.95. The van der Waals surface area contributed by atoms with Gasteiger partial charge in [-0.1, -0.05) is 12.1 Å². The Labute approximate surface area is 142 Å². The van der Waals surface area contributed by atoms with Crippen molar-refractivity contribution in [1.29, 1.82) is 0 Å². The maximum atomic E-state index is 10.8. The topological polar surface area (TPSA) is 74.5 Å². The minimum absolute atomic E-state index is 0.0659. The van der Waals surface area contributed by atoms with Crippen molar-refractivity contribution in [3.8, 4) is 11.5 Å². The molecule has 0 amide bonds. The zero-order valence-corrected chi connectivity index (χ0v) is 13.9. The van der Waals surface area contributed by atoms with E-state index in [-0.39, 0.29) is 5.69 Å². The van der Waals surface area contributed by atoms with Gasteiger partial charge in [-0.15, -0.1) is 11.3 Å². The number of aromatic nitrogens is 1. The summed E-state index contributed by atoms with van der Waals surface area (Å²) in [6.45, 7) is 0. The molecule has 0 saturated carbocycles. The highest BCUT2D eigenvalue weighted by Crippen LogP contribution is 2.33. The van der Waals surface area contributed by atoms with Gasteiger partial charge in [0.05, 0.1) is 29.4 Å². The number of hydrogen-bond acceptors (Lipinski definition) is 6. The standard InChI is InChI=1S/C17H14N2O4S/c1-22-14-5-3-4-11(17(14)23-2)6-9-16-18-13-8-7-12(19(20)21)10-15(13)24-16/h3-10H,1-2H3/b9-6+. The lowest BCUT2D eigenvalue weighted by Gasteiger charge is -2.09. The van der Waals surface area contributed by atoms with Crippen LogP contribution in [0.4, 0.5) is 5.69 Å². The van der Waals surface area contributed by atoms with Crippen molar-refractivity contribution in [3.63, 3.8) is 0 Å². The molecule has 1 heterocycles. The van der Waals surface area contributed by atoms with Crippen LogP contribution in [-0.2, 0) is 0 Å². The quantitative estimate of drug-likeness (QED) is 0.508. The van der Waals surface area contributed by atoms with Gasteiger partial charge in [-0.25, -0.2) is 4.98 Å². The fraction of sp³-hybridized carbons (Fsp3) is 0.118. The number of rotatable bonds is 5. The van der Waals surface area contributed by atoms with Crippen LogP contribution >= 0.6 is 11.3 Å². The molecule has 3 rings (SSSR count). The van der Waals surface area contributed by atoms with Crippen LogP contribution < -0.4 is 9.47 Å². The Morgan fingerprint density at radius 2 is 2.00 bits per heavy atom. The van der Waals surface area contributed by atoms with Gasteiger partial charge in [-0.05, 0) is 24.3 Å². The number of fused-ring (bicyclic) bond motifs is 1. The van der Waals surface area contributed by atoms with Gasteiger partial charge in [0, 0.05) is 17.7 Å². The summed E-state index contributed by atoms with van der Waals surface area (Å²) in [7, 11) is 3.18. The lowest BCUT2D eigenvalue weighted by atomic mass is 10.1. The van der Waals surface area contributed by atoms with E-state index in [9.17, 15) is 10.1 Å². The molecule has 0 radical (unpaired) electrons. The number of nitro benzene ring substituents is 1. The van der Waals surface area contributed by atoms with E-state index in [2.05, 4.69) is 4.98 Å². The summed E-state index contributed by atoms with van der Waals surface area (Å²) in [5, 5.41) is 11.6. The number of ether oxygens (including phenoxy) is 2. The molecule has 1 aromatic heterocycles. The highest BCUT2D eigenvalue weighted by atomic mass is 32.1. The van der Waals surface area contributed by atoms with Gasteiger partial charge in [-0.2, -0.15) is 0 Å². The maximum Gasteiger partial charge on any atom is 0.270 e. The molecule has 0 spiro atoms. The molecular formula is C17H14N2O4S. The Bertz CT molecular complexity index is 933. The van der Waals surface area contributed by atoms with E-state index in [0.717, 1.165) is 20.8 Å². The first kappa shape index (κ1) is 15.9. The van der Waals surface area contributed by atoms with E-state index in [1.54, 1.807) is 20.3 Å². The molecule has 6 nitrogen and oxygen atoms in total. The summed E-state index contributed by atoms with van der Waals surface area (Å²) in [5.41, 5.74) is 1.67. The third kappa shape index (κ3) is 3.07. The highest BCUT2D eigenvalue weighted by Gasteiger charge is 2.10. The van der Waals surface area contributed by atoms with E-state index >= 15 is 0 Å². The number of hydrogen-bond donors (Lipinski definition) is 0. The van der Waals surface area contributed by atoms with Gasteiger partial charge in [0.1, 0.15) is 5.01 Å². The summed E-state index contributed by atoms with van der Waals surface area (Å²) in [5.74, 6) is 1.30. The van der Waals surface area contributed by atoms with Gasteiger partial charge in [0.2, 0.25) is 0 Å². The van der Waals surface area contributed by atoms with Crippen LogP contribution in [0.5, 0.6) is 11.5 Å². The Kier molecular flexibility index (Phi) is 4.43. The molecule has 0 saturated heterocycles. The predicted octanol–water partition coefficient (Wildman–Crippen LogP) is 4.39. The second kappa shape index (κ2) is 6.67. The molecule has 122 valence electrons. The molecule has 0 aliphatic heterocycles. The SMILES string of the molecule is COc1cccc(/C=C/c2nc3ccc([N+](=O)[O-])cc3s2)c1OC. The van der Waals surface area contributed by atoms with Crippen LogP contribution in [0, 0.1) is 10.1 Å². The molecule has 0 fully saturated rings. The predicted molar refractivity (Wildman–Crippen MR) is 94.7 cm³/mol. The number of methoxy groups -OCH3 is 2. The van der Waals surface area contributed by atoms with Crippen molar-refractivity contribution in [3.05, 3.63) is 57.1 Å². The van der Waals surface area contributed by atoms with E-state index in [4.69, 9.17) is 9.47 Å². The van der Waals surface area contributed by atoms with Crippen LogP contribution in [0.2, 0.25) is 0 Å². The molecule has 7 heteroatoms. The molecule has 0 unspecified atom stereocenters. The molecule has 0 N–H and O–H groups in total. The van der Waals surface area contributed by atoms with E-state index in [1.807, 2.05) is 30.4 Å². The minimum Gasteiger partial charge on any atom is -0.493 e. The number of para-hydroxylation sites is 1. The van der Waals surface area contributed by atoms with E-state index in [0.29, 0.717) is 11.5 Å². The molecule has 24 heavy (non-hydrogen) atoms. The van der Waals surface area contributed by atoms with Gasteiger partial charge in [-0.3, -0.25) is 10.1 Å². The summed E-state index contributed by atoms with van der Waals surface area (Å²) < 4.78 is 11.4. The molecule has 3 aromatic rings. The lowest BCUT2D eigenvalue weighted by Crippen LogP contribution is -1.92. The number of benzene rings is 2. The molecule has 0 aliphatic carbocycles. The number of nitrogens with zero attached hydrogens (tertiary/aromatic N) is 2. The first-order chi connectivity index (χ1) is 11.6. The largest absolute Gasteiger partial charge is 0.493 e. The molecule has 0 aliphatic rings. The van der Waals surface area contributed by atoms with Crippen molar-refractivity contribution in [2.75, 3.05) is 14.2 Å². The third-order valence-electron chi connectivity index (χ3n) is 3.44. The smallest absolute Gasteiger partial charge is 0.270 e. The van der Waals surface area contributed by atoms with Gasteiger partial charge < -0.3 is 9.47 Å². The maximum absolute atomic E-state index is 10.8. The first-order valence-corrected chi connectivity index (χ1v) is 7.88.